The third kappa shape index (κ3) is 2.07. The maximum atomic E-state index is 2.61. The first-order chi connectivity index (χ1) is 4.19. The smallest absolute Gasteiger partial charge is 0.0353 e. The van der Waals surface area contributed by atoms with Crippen LogP contribution in [0.15, 0.2) is 0 Å². The maximum absolute atomic E-state index is 2.61. The van der Waals surface area contributed by atoms with Crippen LogP contribution in [-0.4, -0.2) is 23.0 Å². The molecular formula is C7H22Si3. The third-order valence-corrected chi connectivity index (χ3v) is 43.4. The van der Waals surface area contributed by atoms with Crippen LogP contribution in [0.1, 0.15) is 0 Å². The largest absolute Gasteiger partial charge is 0.0743 e. The van der Waals surface area contributed by atoms with Gasteiger partial charge in [-0.15, -0.1) is 0 Å². The maximum Gasteiger partial charge on any atom is 0.0353 e. The first-order valence-corrected chi connectivity index (χ1v) is 15.8. The normalized spacial score (nSPS) is 14.4. The molecule has 0 nitrogen and oxygen atoms in total. The van der Waals surface area contributed by atoms with Gasteiger partial charge in [0.15, 0.2) is 0 Å². The van der Waals surface area contributed by atoms with E-state index in [1.807, 2.05) is 0 Å². The van der Waals surface area contributed by atoms with Gasteiger partial charge < -0.3 is 0 Å². The van der Waals surface area contributed by atoms with E-state index < -0.39 is 14.7 Å². The minimum absolute atomic E-state index is 0.304. The zero-order valence-electron chi connectivity index (χ0n) is 8.58. The average Bonchev–Trinajstić information content (AvgIpc) is 1.62. The predicted octanol–water partition coefficient (Wildman–Crippen LogP) is 2.68. The van der Waals surface area contributed by atoms with Gasteiger partial charge >= 0.3 is 0 Å². The lowest BCUT2D eigenvalue weighted by molar-refractivity contribution is 1.76. The van der Waals surface area contributed by atoms with E-state index >= 15 is 0 Å². The van der Waals surface area contributed by atoms with Gasteiger partial charge in [0.1, 0.15) is 0 Å². The average molecular weight is 191 g/mol. The molecule has 0 unspecified atom stereocenters. The number of hydrogen-bond donors (Lipinski definition) is 0. The van der Waals surface area contributed by atoms with Crippen LogP contribution < -0.4 is 0 Å². The Morgan fingerprint density at radius 3 is 1.10 bits per heavy atom. The van der Waals surface area contributed by atoms with Gasteiger partial charge in [-0.25, -0.2) is 0 Å². The van der Waals surface area contributed by atoms with E-state index in [0.29, 0.717) is 0 Å². The third-order valence-electron chi connectivity index (χ3n) is 3.38. The monoisotopic (exact) mass is 190 g/mol. The van der Waals surface area contributed by atoms with Gasteiger partial charge in [0.25, 0.3) is 0 Å². The van der Waals surface area contributed by atoms with Crippen molar-refractivity contribution < 1.29 is 0 Å². The second-order valence-electron chi connectivity index (χ2n) is 5.13. The number of rotatable bonds is 2. The molecule has 0 aliphatic carbocycles. The molecule has 0 amide bonds. The molecule has 0 atom stereocenters. The van der Waals surface area contributed by atoms with Crippen molar-refractivity contribution in [1.82, 2.24) is 0 Å². The quantitative estimate of drug-likeness (QED) is 0.588. The fourth-order valence-corrected chi connectivity index (χ4v) is 23.4. The first-order valence-electron chi connectivity index (χ1n) is 4.19. The Kier molecular flexibility index (Phi) is 3.14. The van der Waals surface area contributed by atoms with E-state index in [4.69, 9.17) is 0 Å². The Labute approximate surface area is 69.2 Å². The summed E-state index contributed by atoms with van der Waals surface area (Å²) in [5.74, 6) is 0. The standard InChI is InChI=1S/C7H22Si3/c1-8(2)10(6,7)9(3,4)5/h8H,1-7H3. The van der Waals surface area contributed by atoms with Crippen LogP contribution in [0, 0.1) is 0 Å². The van der Waals surface area contributed by atoms with Crippen LogP contribution in [0.4, 0.5) is 0 Å². The van der Waals surface area contributed by atoms with Crippen LogP contribution in [0.25, 0.3) is 0 Å². The van der Waals surface area contributed by atoms with Crippen molar-refractivity contribution in [2.24, 2.45) is 0 Å². The van der Waals surface area contributed by atoms with E-state index in [1.165, 1.54) is 0 Å². The van der Waals surface area contributed by atoms with Gasteiger partial charge in [-0.1, -0.05) is 45.8 Å². The van der Waals surface area contributed by atoms with Crippen LogP contribution in [0.2, 0.25) is 45.8 Å². The van der Waals surface area contributed by atoms with Gasteiger partial charge in [-0.3, -0.25) is 0 Å². The Hall–Kier alpha value is 0.651. The summed E-state index contributed by atoms with van der Waals surface area (Å²) in [4.78, 5) is 0. The number of hydrogen-bond acceptors (Lipinski definition) is 0. The summed E-state index contributed by atoms with van der Waals surface area (Å²) in [7, 11) is -1.76. The minimum atomic E-state index is -0.747. The summed E-state index contributed by atoms with van der Waals surface area (Å²) in [6.45, 7) is 17.9. The highest BCUT2D eigenvalue weighted by molar-refractivity contribution is 7.63. The molecule has 0 N–H and O–H groups in total. The SMILES string of the molecule is C[SiH](C)[Si](C)(C)[Si](C)(C)C. The lowest BCUT2D eigenvalue weighted by Crippen LogP contribution is -2.61. The summed E-state index contributed by atoms with van der Waals surface area (Å²) < 4.78 is 0. The van der Waals surface area contributed by atoms with Crippen molar-refractivity contribution in [2.45, 2.75) is 45.8 Å². The van der Waals surface area contributed by atoms with Gasteiger partial charge in [-0.05, 0) is 0 Å². The molecule has 0 aromatic rings. The Bertz CT molecular complexity index is 111. The van der Waals surface area contributed by atoms with Crippen molar-refractivity contribution in [1.29, 1.82) is 0 Å². The fraction of sp³-hybridized carbons (Fsp3) is 1.00. The van der Waals surface area contributed by atoms with Crippen LogP contribution in [0.3, 0.4) is 0 Å². The molecule has 0 aromatic carbocycles. The van der Waals surface area contributed by atoms with Crippen LogP contribution in [-0.2, 0) is 0 Å². The molecule has 0 aliphatic rings. The van der Waals surface area contributed by atoms with E-state index in [2.05, 4.69) is 45.8 Å². The second kappa shape index (κ2) is 2.95. The molecular weight excluding hydrogens is 168 g/mol. The van der Waals surface area contributed by atoms with Gasteiger partial charge in [0.05, 0.1) is 0 Å². The summed E-state index contributed by atoms with van der Waals surface area (Å²) in [6.07, 6.45) is 0. The van der Waals surface area contributed by atoms with Crippen molar-refractivity contribution in [3.63, 3.8) is 0 Å². The zero-order valence-corrected chi connectivity index (χ0v) is 11.7. The fourth-order valence-electron chi connectivity index (χ4n) is 0.866. The highest BCUT2D eigenvalue weighted by Gasteiger charge is 2.39. The summed E-state index contributed by atoms with van der Waals surface area (Å²) in [5.41, 5.74) is 0. The van der Waals surface area contributed by atoms with Crippen molar-refractivity contribution in [3.8, 4) is 0 Å². The van der Waals surface area contributed by atoms with Crippen molar-refractivity contribution in [2.75, 3.05) is 0 Å². The molecule has 0 bridgehead atoms. The first kappa shape index (κ1) is 10.7. The molecule has 0 saturated carbocycles. The second-order valence-corrected chi connectivity index (χ2v) is 33.3. The van der Waals surface area contributed by atoms with Gasteiger partial charge in [0.2, 0.25) is 0 Å². The van der Waals surface area contributed by atoms with Gasteiger partial charge in [0, 0.05) is 23.0 Å². The van der Waals surface area contributed by atoms with Crippen molar-refractivity contribution in [3.05, 3.63) is 0 Å². The summed E-state index contributed by atoms with van der Waals surface area (Å²) in [6, 6.07) is 0. The topological polar surface area (TPSA) is 0 Å². The Balaban J connectivity index is 4.40. The Morgan fingerprint density at radius 2 is 1.10 bits per heavy atom. The molecule has 0 fully saturated rings. The molecule has 0 heterocycles. The molecule has 0 saturated heterocycles. The molecule has 62 valence electrons. The van der Waals surface area contributed by atoms with Gasteiger partial charge in [-0.2, -0.15) is 0 Å². The van der Waals surface area contributed by atoms with Crippen molar-refractivity contribution >= 4 is 23.0 Å². The molecule has 0 aliphatic heterocycles. The van der Waals surface area contributed by atoms with E-state index in [1.54, 1.807) is 0 Å². The van der Waals surface area contributed by atoms with Crippen LogP contribution in [0.5, 0.6) is 0 Å². The molecule has 10 heavy (non-hydrogen) atoms. The molecule has 0 aromatic heterocycles. The lowest BCUT2D eigenvalue weighted by Gasteiger charge is -2.38. The zero-order chi connectivity index (χ0) is 8.58. The summed E-state index contributed by atoms with van der Waals surface area (Å²) >= 11 is 0. The van der Waals surface area contributed by atoms with E-state index in [9.17, 15) is 0 Å². The molecule has 3 heteroatoms. The van der Waals surface area contributed by atoms with E-state index in [-0.39, 0.29) is 8.31 Å². The van der Waals surface area contributed by atoms with Crippen LogP contribution >= 0.6 is 0 Å². The molecule has 0 radical (unpaired) electrons. The summed E-state index contributed by atoms with van der Waals surface area (Å²) in [5, 5.41) is 0. The van der Waals surface area contributed by atoms with E-state index in [0.717, 1.165) is 0 Å². The lowest BCUT2D eigenvalue weighted by atomic mass is 11.8. The molecule has 0 rings (SSSR count). The molecule has 0 spiro atoms. The predicted molar refractivity (Wildman–Crippen MR) is 59.7 cm³/mol. The minimum Gasteiger partial charge on any atom is -0.0743 e. The highest BCUT2D eigenvalue weighted by atomic mass is 29.6. The Morgan fingerprint density at radius 1 is 0.800 bits per heavy atom. The highest BCUT2D eigenvalue weighted by Crippen LogP contribution is 2.20.